The summed E-state index contributed by atoms with van der Waals surface area (Å²) in [6.07, 6.45) is 5.54. The van der Waals surface area contributed by atoms with Crippen molar-refractivity contribution in [2.75, 3.05) is 70.3 Å². The molecule has 1 fully saturated rings. The Morgan fingerprint density at radius 1 is 0.980 bits per heavy atom. The number of aromatic nitrogens is 4. The number of carbonyl (C=O) groups is 1. The van der Waals surface area contributed by atoms with Crippen LogP contribution in [0.5, 0.6) is 11.5 Å². The van der Waals surface area contributed by atoms with Gasteiger partial charge in [0.25, 0.3) is 0 Å². The Bertz CT molecular complexity index is 1660. The molecule has 2 aromatic carbocycles. The van der Waals surface area contributed by atoms with E-state index in [-0.39, 0.29) is 17.4 Å². The average molecular weight is 672 g/mol. The first kappa shape index (κ1) is 35.9. The summed E-state index contributed by atoms with van der Waals surface area (Å²) in [5.74, 6) is 1.12. The fraction of sp³-hybridized carbons (Fsp3) is 0.459. The normalized spacial score (nSPS) is 14.3. The van der Waals surface area contributed by atoms with Crippen molar-refractivity contribution in [3.05, 3.63) is 67.5 Å². The lowest BCUT2D eigenvalue weighted by Crippen LogP contribution is -2.37. The Kier molecular flexibility index (Phi) is 12.7. The van der Waals surface area contributed by atoms with Crippen LogP contribution < -0.4 is 15.8 Å². The number of hydrogen-bond acceptors (Lipinski definition) is 10. The zero-order chi connectivity index (χ0) is 34.6. The van der Waals surface area contributed by atoms with Crippen LogP contribution in [0, 0.1) is 5.41 Å². The number of hydrogen-bond donors (Lipinski definition) is 2. The van der Waals surface area contributed by atoms with Crippen molar-refractivity contribution in [1.29, 1.82) is 0 Å². The predicted octanol–water partition coefficient (Wildman–Crippen LogP) is 6.12. The maximum Gasteiger partial charge on any atom is 0.247 e. The fourth-order valence-electron chi connectivity index (χ4n) is 5.62. The van der Waals surface area contributed by atoms with E-state index in [1.807, 2.05) is 53.2 Å². The minimum Gasteiger partial charge on any atom is -0.455 e. The number of piperidine rings is 1. The molecule has 0 atom stereocenters. The third-order valence-corrected chi connectivity index (χ3v) is 8.38. The van der Waals surface area contributed by atoms with E-state index >= 15 is 0 Å². The summed E-state index contributed by atoms with van der Waals surface area (Å²) in [5.41, 5.74) is 9.26. The molecule has 0 radical (unpaired) electrons. The van der Waals surface area contributed by atoms with Crippen molar-refractivity contribution >= 4 is 28.4 Å². The van der Waals surface area contributed by atoms with E-state index in [0.29, 0.717) is 72.8 Å². The minimum atomic E-state index is -0.355. The number of anilines is 2. The van der Waals surface area contributed by atoms with E-state index in [9.17, 15) is 4.79 Å². The third kappa shape index (κ3) is 10.3. The number of nitrogens with two attached hydrogens (primary N) is 1. The summed E-state index contributed by atoms with van der Waals surface area (Å²) in [5, 5.41) is 8.60. The van der Waals surface area contributed by atoms with Gasteiger partial charge in [-0.05, 0) is 61.1 Å². The molecule has 49 heavy (non-hydrogen) atoms. The maximum atomic E-state index is 12.4. The van der Waals surface area contributed by atoms with Crippen LogP contribution in [0.2, 0.25) is 0 Å². The number of fused-ring (bicyclic) bond motifs is 1. The van der Waals surface area contributed by atoms with Gasteiger partial charge < -0.3 is 34.9 Å². The second-order valence-electron chi connectivity index (χ2n) is 13.3. The highest BCUT2D eigenvalue weighted by atomic mass is 16.5. The molecule has 0 aliphatic carbocycles. The molecule has 0 spiro atoms. The highest BCUT2D eigenvalue weighted by molar-refractivity contribution is 6.02. The van der Waals surface area contributed by atoms with Gasteiger partial charge >= 0.3 is 0 Å². The van der Waals surface area contributed by atoms with Crippen LogP contribution in [0.4, 0.5) is 11.5 Å². The second kappa shape index (κ2) is 17.3. The van der Waals surface area contributed by atoms with Crippen molar-refractivity contribution in [1.82, 2.24) is 24.6 Å². The standard InChI is InChI=1S/C37H49N7O5/c1-5-32(45)41-30-25-27(11-12-31(30)49-29-9-7-6-8-10-29)34-33-35(38)39-26-40-36(33)44(42-34)28-13-16-43(17-14-28)18-20-47-22-24-48-23-21-46-19-15-37(2,3)4/h5-12,25-26,28H,1,13-24H2,2-4H3,(H,41,45)(H2,38,39,40). The van der Waals surface area contributed by atoms with Crippen molar-refractivity contribution < 1.29 is 23.7 Å². The van der Waals surface area contributed by atoms with Gasteiger partial charge in [0.15, 0.2) is 11.4 Å². The van der Waals surface area contributed by atoms with Crippen molar-refractivity contribution in [2.24, 2.45) is 5.41 Å². The molecule has 1 aliphatic heterocycles. The molecular formula is C37H49N7O5. The van der Waals surface area contributed by atoms with Gasteiger partial charge in [0.2, 0.25) is 5.91 Å². The van der Waals surface area contributed by atoms with E-state index in [0.717, 1.165) is 51.1 Å². The number of nitrogens with zero attached hydrogens (tertiary/aromatic N) is 5. The Balaban J connectivity index is 1.17. The van der Waals surface area contributed by atoms with Crippen LogP contribution in [0.25, 0.3) is 22.3 Å². The summed E-state index contributed by atoms with van der Waals surface area (Å²) >= 11 is 0. The molecule has 2 aromatic heterocycles. The summed E-state index contributed by atoms with van der Waals surface area (Å²) in [6.45, 7) is 16.7. The Morgan fingerprint density at radius 3 is 2.37 bits per heavy atom. The topological polar surface area (TPSA) is 139 Å². The molecule has 0 unspecified atom stereocenters. The highest BCUT2D eigenvalue weighted by Crippen LogP contribution is 2.38. The summed E-state index contributed by atoms with van der Waals surface area (Å²) in [6, 6.07) is 15.1. The van der Waals surface area contributed by atoms with Crippen LogP contribution in [0.1, 0.15) is 46.1 Å². The largest absolute Gasteiger partial charge is 0.455 e. The lowest BCUT2D eigenvalue weighted by atomic mass is 9.93. The number of likely N-dealkylation sites (tertiary alicyclic amines) is 1. The SMILES string of the molecule is C=CC(=O)Nc1cc(-c2nn(C3CCN(CCOCCOCCOCCC(C)(C)C)CC3)c3ncnc(N)c23)ccc1Oc1ccccc1. The molecule has 0 saturated carbocycles. The van der Waals surface area contributed by atoms with E-state index < -0.39 is 0 Å². The van der Waals surface area contributed by atoms with Gasteiger partial charge in [-0.3, -0.25) is 4.79 Å². The number of nitrogens with one attached hydrogen (secondary N) is 1. The van der Waals surface area contributed by atoms with Crippen LogP contribution in [0.3, 0.4) is 0 Å². The van der Waals surface area contributed by atoms with Gasteiger partial charge in [0.1, 0.15) is 23.6 Å². The van der Waals surface area contributed by atoms with Crippen molar-refractivity contribution in [2.45, 2.75) is 46.1 Å². The monoisotopic (exact) mass is 671 g/mol. The van der Waals surface area contributed by atoms with Gasteiger partial charge in [-0.15, -0.1) is 0 Å². The predicted molar refractivity (Wildman–Crippen MR) is 192 cm³/mol. The smallest absolute Gasteiger partial charge is 0.247 e. The van der Waals surface area contributed by atoms with Gasteiger partial charge in [-0.25, -0.2) is 14.6 Å². The van der Waals surface area contributed by atoms with E-state index in [1.165, 1.54) is 12.4 Å². The summed E-state index contributed by atoms with van der Waals surface area (Å²) < 4.78 is 25.2. The minimum absolute atomic E-state index is 0.141. The van der Waals surface area contributed by atoms with Crippen LogP contribution >= 0.6 is 0 Å². The number of rotatable bonds is 17. The first-order valence-corrected chi connectivity index (χ1v) is 17.0. The number of ether oxygens (including phenoxy) is 4. The molecule has 262 valence electrons. The molecule has 1 amide bonds. The fourth-order valence-corrected chi connectivity index (χ4v) is 5.62. The zero-order valence-electron chi connectivity index (χ0n) is 28.9. The molecule has 0 bridgehead atoms. The molecule has 12 heteroatoms. The van der Waals surface area contributed by atoms with E-state index in [2.05, 4.69) is 47.5 Å². The number of para-hydroxylation sites is 1. The lowest BCUT2D eigenvalue weighted by molar-refractivity contribution is -0.111. The molecule has 4 aromatic rings. The van der Waals surface area contributed by atoms with Gasteiger partial charge in [0, 0.05) is 31.8 Å². The number of amides is 1. The molecule has 3 N–H and O–H groups in total. The van der Waals surface area contributed by atoms with Crippen LogP contribution in [-0.2, 0) is 19.0 Å². The Hall–Kier alpha value is -4.36. The van der Waals surface area contributed by atoms with Crippen molar-refractivity contribution in [3.63, 3.8) is 0 Å². The first-order valence-electron chi connectivity index (χ1n) is 17.0. The van der Waals surface area contributed by atoms with Crippen molar-refractivity contribution in [3.8, 4) is 22.8 Å². The molecule has 3 heterocycles. The lowest BCUT2D eigenvalue weighted by Gasteiger charge is -2.32. The first-order chi connectivity index (χ1) is 23.7. The number of carbonyl (C=O) groups excluding carboxylic acids is 1. The second-order valence-corrected chi connectivity index (χ2v) is 13.3. The molecule has 1 aliphatic rings. The van der Waals surface area contributed by atoms with Crippen LogP contribution in [0.15, 0.2) is 67.5 Å². The Labute approximate surface area is 288 Å². The highest BCUT2D eigenvalue weighted by Gasteiger charge is 2.26. The van der Waals surface area contributed by atoms with E-state index in [4.69, 9.17) is 29.8 Å². The quantitative estimate of drug-likeness (QED) is 0.0998. The van der Waals surface area contributed by atoms with Gasteiger partial charge in [-0.1, -0.05) is 45.5 Å². The van der Waals surface area contributed by atoms with Gasteiger partial charge in [-0.2, -0.15) is 5.10 Å². The summed E-state index contributed by atoms with van der Waals surface area (Å²) in [4.78, 5) is 23.7. The van der Waals surface area contributed by atoms with Crippen LogP contribution in [-0.4, -0.2) is 89.8 Å². The molecule has 12 nitrogen and oxygen atoms in total. The number of benzene rings is 2. The maximum absolute atomic E-state index is 12.4. The third-order valence-electron chi connectivity index (χ3n) is 8.38. The molecule has 5 rings (SSSR count). The zero-order valence-corrected chi connectivity index (χ0v) is 28.9. The van der Waals surface area contributed by atoms with E-state index in [1.54, 1.807) is 0 Å². The molecular weight excluding hydrogens is 622 g/mol. The Morgan fingerprint density at radius 2 is 1.67 bits per heavy atom. The van der Waals surface area contributed by atoms with Gasteiger partial charge in [0.05, 0.1) is 50.1 Å². The molecule has 1 saturated heterocycles. The summed E-state index contributed by atoms with van der Waals surface area (Å²) in [7, 11) is 0. The average Bonchev–Trinajstić information content (AvgIpc) is 3.49. The number of nitrogen functional groups attached to an aromatic ring is 1.